The molecule has 0 saturated carbocycles. The molecule has 0 radical (unpaired) electrons. The largest absolute Gasteiger partial charge is 0.497 e. The number of nitrogens with zero attached hydrogens (tertiary/aromatic N) is 2. The maximum Gasteiger partial charge on any atom is 0.256 e. The van der Waals surface area contributed by atoms with Crippen molar-refractivity contribution in [3.63, 3.8) is 0 Å². The van der Waals surface area contributed by atoms with Crippen molar-refractivity contribution in [2.45, 2.75) is 13.2 Å². The predicted octanol–water partition coefficient (Wildman–Crippen LogP) is 5.92. The maximum absolute atomic E-state index is 12.7. The summed E-state index contributed by atoms with van der Waals surface area (Å²) in [6.45, 7) is 1.03. The molecule has 0 spiro atoms. The number of aromatic nitrogens is 2. The number of carbonyl (C=O) groups is 1. The zero-order valence-electron chi connectivity index (χ0n) is 19.3. The predicted molar refractivity (Wildman–Crippen MR) is 137 cm³/mol. The van der Waals surface area contributed by atoms with Crippen molar-refractivity contribution in [3.8, 4) is 11.5 Å². The van der Waals surface area contributed by atoms with Gasteiger partial charge in [0.1, 0.15) is 18.1 Å². The molecule has 174 valence electrons. The number of hydrogen-bond acceptors (Lipinski definition) is 4. The van der Waals surface area contributed by atoms with Crippen molar-refractivity contribution in [2.75, 3.05) is 12.4 Å². The summed E-state index contributed by atoms with van der Waals surface area (Å²) in [4.78, 5) is 12.7. The summed E-state index contributed by atoms with van der Waals surface area (Å²) in [5.41, 5.74) is 2.70. The lowest BCUT2D eigenvalue weighted by molar-refractivity contribution is 0.102. The van der Waals surface area contributed by atoms with Crippen LogP contribution in [0.1, 0.15) is 21.5 Å². The Bertz CT molecular complexity index is 1440. The standard InChI is InChI=1S/C29H25N3O3/c1-34-25-13-15-26(16-14-25)35-20-21-9-11-23(12-10-21)29(33)30-28-17-18-32(31-28)19-24-7-4-6-22-5-2-3-8-27(22)24/h2-18H,19-20H2,1H3,(H,30,31,33). The van der Waals surface area contributed by atoms with Crippen LogP contribution < -0.4 is 14.8 Å². The van der Waals surface area contributed by atoms with E-state index in [2.05, 4.69) is 40.7 Å². The highest BCUT2D eigenvalue weighted by atomic mass is 16.5. The van der Waals surface area contributed by atoms with E-state index in [-0.39, 0.29) is 5.91 Å². The van der Waals surface area contributed by atoms with E-state index in [4.69, 9.17) is 9.47 Å². The summed E-state index contributed by atoms with van der Waals surface area (Å²) in [7, 11) is 1.63. The van der Waals surface area contributed by atoms with Gasteiger partial charge in [0.05, 0.1) is 13.7 Å². The molecule has 1 heterocycles. The Balaban J connectivity index is 1.18. The summed E-state index contributed by atoms with van der Waals surface area (Å²) in [5.74, 6) is 1.85. The van der Waals surface area contributed by atoms with Crippen molar-refractivity contribution in [1.29, 1.82) is 0 Å². The van der Waals surface area contributed by atoms with E-state index < -0.39 is 0 Å². The molecule has 0 atom stereocenters. The molecule has 5 aromatic rings. The lowest BCUT2D eigenvalue weighted by Gasteiger charge is -2.08. The highest BCUT2D eigenvalue weighted by molar-refractivity contribution is 6.03. The van der Waals surface area contributed by atoms with Gasteiger partial charge in [-0.2, -0.15) is 5.10 Å². The van der Waals surface area contributed by atoms with Gasteiger partial charge in [-0.15, -0.1) is 0 Å². The molecule has 0 saturated heterocycles. The summed E-state index contributed by atoms with van der Waals surface area (Å²) in [5, 5.41) is 9.80. The first-order valence-electron chi connectivity index (χ1n) is 11.4. The number of amides is 1. The van der Waals surface area contributed by atoms with Gasteiger partial charge in [0.25, 0.3) is 5.91 Å². The number of benzene rings is 4. The Labute approximate surface area is 203 Å². The van der Waals surface area contributed by atoms with Gasteiger partial charge in [-0.1, -0.05) is 54.6 Å². The number of methoxy groups -OCH3 is 1. The molecule has 6 nitrogen and oxygen atoms in total. The van der Waals surface area contributed by atoms with Crippen molar-refractivity contribution in [2.24, 2.45) is 0 Å². The van der Waals surface area contributed by atoms with Gasteiger partial charge >= 0.3 is 0 Å². The van der Waals surface area contributed by atoms with Gasteiger partial charge in [0.2, 0.25) is 0 Å². The second-order valence-electron chi connectivity index (χ2n) is 8.15. The van der Waals surface area contributed by atoms with Crippen LogP contribution in [0.5, 0.6) is 11.5 Å². The molecule has 1 N–H and O–H groups in total. The van der Waals surface area contributed by atoms with Gasteiger partial charge < -0.3 is 14.8 Å². The normalized spacial score (nSPS) is 10.8. The highest BCUT2D eigenvalue weighted by Crippen LogP contribution is 2.20. The average Bonchev–Trinajstić information content (AvgIpc) is 3.35. The second-order valence-corrected chi connectivity index (χ2v) is 8.15. The maximum atomic E-state index is 12.7. The van der Waals surface area contributed by atoms with Gasteiger partial charge in [0, 0.05) is 17.8 Å². The van der Waals surface area contributed by atoms with E-state index in [1.54, 1.807) is 25.3 Å². The smallest absolute Gasteiger partial charge is 0.256 e. The van der Waals surface area contributed by atoms with Crippen LogP contribution in [0.15, 0.2) is 103 Å². The molecular formula is C29H25N3O3. The van der Waals surface area contributed by atoms with Crippen LogP contribution in [0.2, 0.25) is 0 Å². The van der Waals surface area contributed by atoms with Crippen LogP contribution >= 0.6 is 0 Å². The van der Waals surface area contributed by atoms with Crippen molar-refractivity contribution in [3.05, 3.63) is 120 Å². The molecule has 4 aromatic carbocycles. The van der Waals surface area contributed by atoms with Crippen LogP contribution in [-0.4, -0.2) is 22.8 Å². The molecule has 6 heteroatoms. The fourth-order valence-electron chi connectivity index (χ4n) is 3.90. The van der Waals surface area contributed by atoms with Crippen LogP contribution in [-0.2, 0) is 13.2 Å². The minimum atomic E-state index is -0.206. The topological polar surface area (TPSA) is 65.4 Å². The number of hydrogen-bond donors (Lipinski definition) is 1. The molecule has 0 bridgehead atoms. The second kappa shape index (κ2) is 10.1. The SMILES string of the molecule is COc1ccc(OCc2ccc(C(=O)Nc3ccn(Cc4cccc5ccccc45)n3)cc2)cc1. The lowest BCUT2D eigenvalue weighted by atomic mass is 10.0. The number of fused-ring (bicyclic) bond motifs is 1. The van der Waals surface area contributed by atoms with E-state index in [9.17, 15) is 4.79 Å². The Morgan fingerprint density at radius 1 is 0.857 bits per heavy atom. The lowest BCUT2D eigenvalue weighted by Crippen LogP contribution is -2.13. The van der Waals surface area contributed by atoms with Gasteiger partial charge in [-0.3, -0.25) is 9.48 Å². The van der Waals surface area contributed by atoms with Crippen LogP contribution in [0.25, 0.3) is 10.8 Å². The summed E-state index contributed by atoms with van der Waals surface area (Å²) in [6.07, 6.45) is 1.87. The zero-order chi connectivity index (χ0) is 24.0. The number of nitrogens with one attached hydrogen (secondary N) is 1. The molecule has 5 rings (SSSR count). The molecule has 0 fully saturated rings. The van der Waals surface area contributed by atoms with Crippen LogP contribution in [0.4, 0.5) is 5.82 Å². The molecule has 0 unspecified atom stereocenters. The van der Waals surface area contributed by atoms with E-state index >= 15 is 0 Å². The fraction of sp³-hybridized carbons (Fsp3) is 0.103. The van der Waals surface area contributed by atoms with Gasteiger partial charge in [-0.25, -0.2) is 0 Å². The number of ether oxygens (including phenoxy) is 2. The average molecular weight is 464 g/mol. The summed E-state index contributed by atoms with van der Waals surface area (Å²) in [6, 6.07) is 31.1. The third-order valence-corrected chi connectivity index (χ3v) is 5.78. The highest BCUT2D eigenvalue weighted by Gasteiger charge is 2.09. The Morgan fingerprint density at radius 3 is 2.40 bits per heavy atom. The van der Waals surface area contributed by atoms with Crippen molar-refractivity contribution in [1.82, 2.24) is 9.78 Å². The minimum absolute atomic E-state index is 0.206. The van der Waals surface area contributed by atoms with Crippen LogP contribution in [0, 0.1) is 0 Å². The third kappa shape index (κ3) is 5.33. The molecule has 0 aliphatic rings. The summed E-state index contributed by atoms with van der Waals surface area (Å²) >= 11 is 0. The first kappa shape index (κ1) is 22.2. The Morgan fingerprint density at radius 2 is 1.60 bits per heavy atom. The zero-order valence-corrected chi connectivity index (χ0v) is 19.3. The molecule has 1 amide bonds. The first-order valence-corrected chi connectivity index (χ1v) is 11.4. The minimum Gasteiger partial charge on any atom is -0.497 e. The monoisotopic (exact) mass is 463 g/mol. The number of rotatable bonds is 8. The number of anilines is 1. The summed E-state index contributed by atoms with van der Waals surface area (Å²) < 4.78 is 12.8. The fourth-order valence-corrected chi connectivity index (χ4v) is 3.90. The number of carbonyl (C=O) groups excluding carboxylic acids is 1. The Kier molecular flexibility index (Phi) is 6.44. The van der Waals surface area contributed by atoms with Crippen LogP contribution in [0.3, 0.4) is 0 Å². The molecule has 35 heavy (non-hydrogen) atoms. The molecule has 0 aliphatic heterocycles. The van der Waals surface area contributed by atoms with Gasteiger partial charge in [-0.05, 0) is 58.3 Å². The quantitative estimate of drug-likeness (QED) is 0.310. The molecule has 0 aliphatic carbocycles. The third-order valence-electron chi connectivity index (χ3n) is 5.78. The van der Waals surface area contributed by atoms with E-state index in [0.29, 0.717) is 24.5 Å². The first-order chi connectivity index (χ1) is 17.2. The molecule has 1 aromatic heterocycles. The molecular weight excluding hydrogens is 438 g/mol. The van der Waals surface area contributed by atoms with E-state index in [1.807, 2.05) is 59.4 Å². The van der Waals surface area contributed by atoms with E-state index in [0.717, 1.165) is 17.1 Å². The van der Waals surface area contributed by atoms with Crippen molar-refractivity contribution >= 4 is 22.5 Å². The van der Waals surface area contributed by atoms with Crippen molar-refractivity contribution < 1.29 is 14.3 Å². The van der Waals surface area contributed by atoms with Gasteiger partial charge in [0.15, 0.2) is 5.82 Å². The van der Waals surface area contributed by atoms with E-state index in [1.165, 1.54) is 16.3 Å². The Hall–Kier alpha value is -4.58.